The summed E-state index contributed by atoms with van der Waals surface area (Å²) in [5, 5.41) is 0.702. The molecular weight excluding hydrogens is 372 g/mol. The van der Waals surface area contributed by atoms with E-state index in [9.17, 15) is 4.79 Å². The Bertz CT molecular complexity index is 778. The minimum absolute atomic E-state index is 0.0560. The van der Waals surface area contributed by atoms with Crippen molar-refractivity contribution in [3.8, 4) is 0 Å². The molecule has 2 atom stereocenters. The van der Waals surface area contributed by atoms with Gasteiger partial charge in [0.1, 0.15) is 0 Å². The van der Waals surface area contributed by atoms with Crippen molar-refractivity contribution >= 4 is 17.6 Å². The third kappa shape index (κ3) is 6.11. The highest BCUT2D eigenvalue weighted by molar-refractivity contribution is 6.30. The van der Waals surface area contributed by atoms with Gasteiger partial charge in [0.15, 0.2) is 0 Å². The second kappa shape index (κ2) is 10.9. The monoisotopic (exact) mass is 400 g/mol. The van der Waals surface area contributed by atoms with Crippen molar-refractivity contribution < 1.29 is 9.53 Å². The van der Waals surface area contributed by atoms with Gasteiger partial charge < -0.3 is 15.4 Å². The Labute approximate surface area is 173 Å². The number of carbonyl (C=O) groups excluding carboxylic acids is 1. The van der Waals surface area contributed by atoms with E-state index in [4.69, 9.17) is 22.1 Å². The van der Waals surface area contributed by atoms with E-state index >= 15 is 0 Å². The predicted molar refractivity (Wildman–Crippen MR) is 116 cm³/mol. The van der Waals surface area contributed by atoms with Crippen molar-refractivity contribution in [2.75, 3.05) is 13.7 Å². The van der Waals surface area contributed by atoms with Crippen LogP contribution in [0.25, 0.3) is 0 Å². The number of carbonyl (C=O) groups is 1. The summed E-state index contributed by atoms with van der Waals surface area (Å²) in [6, 6.07) is 7.73. The van der Waals surface area contributed by atoms with Crippen LogP contribution in [0, 0.1) is 5.92 Å². The maximum absolute atomic E-state index is 12.0. The normalized spacial score (nSPS) is 19.0. The summed E-state index contributed by atoms with van der Waals surface area (Å²) < 4.78 is 4.90. The van der Waals surface area contributed by atoms with Gasteiger partial charge in [-0.05, 0) is 36.3 Å². The number of halogens is 1. The number of hydrogen-bond donors (Lipinski definition) is 1. The van der Waals surface area contributed by atoms with Crippen molar-refractivity contribution in [1.82, 2.24) is 4.90 Å². The highest BCUT2D eigenvalue weighted by Crippen LogP contribution is 2.28. The van der Waals surface area contributed by atoms with Crippen LogP contribution in [0.15, 0.2) is 72.0 Å². The molecule has 1 aliphatic rings. The van der Waals surface area contributed by atoms with Crippen molar-refractivity contribution in [2.45, 2.75) is 32.9 Å². The average Bonchev–Trinajstić information content (AvgIpc) is 2.69. The molecule has 0 bridgehead atoms. The second-order valence-corrected chi connectivity index (χ2v) is 7.33. The van der Waals surface area contributed by atoms with Crippen LogP contribution in [0.3, 0.4) is 0 Å². The molecule has 1 aromatic rings. The molecule has 4 nitrogen and oxygen atoms in total. The molecule has 0 radical (unpaired) electrons. The molecule has 150 valence electrons. The highest BCUT2D eigenvalue weighted by atomic mass is 35.5. The number of allylic oxidation sites excluding steroid dienone is 6. The van der Waals surface area contributed by atoms with Gasteiger partial charge in [-0.15, -0.1) is 0 Å². The number of nitrogens with two attached hydrogens (primary N) is 1. The Balaban J connectivity index is 2.48. The van der Waals surface area contributed by atoms with Gasteiger partial charge in [0.05, 0.1) is 13.5 Å². The fourth-order valence-electron chi connectivity index (χ4n) is 3.20. The molecule has 0 heterocycles. The van der Waals surface area contributed by atoms with Gasteiger partial charge in [0, 0.05) is 35.8 Å². The largest absolute Gasteiger partial charge is 0.469 e. The standard InChI is InChI=1S/C23H29ClN2O2/c1-17-7-4-5-8-21(17)22(9-6-14-25)26(18(2)15-23(27)28-3)16-19-10-12-20(24)13-11-19/h4-13,17-18H,14-16,25H2,1-3H3/b9-6-,22-21+. The fraction of sp³-hybridized carbons (Fsp3) is 0.348. The summed E-state index contributed by atoms with van der Waals surface area (Å²) in [7, 11) is 1.42. The Hall–Kier alpha value is -2.30. The van der Waals surface area contributed by atoms with Gasteiger partial charge in [0.2, 0.25) is 0 Å². The zero-order valence-corrected chi connectivity index (χ0v) is 17.5. The molecule has 1 aliphatic carbocycles. The Kier molecular flexibility index (Phi) is 8.55. The van der Waals surface area contributed by atoms with Crippen LogP contribution in [0.5, 0.6) is 0 Å². The third-order valence-electron chi connectivity index (χ3n) is 4.78. The van der Waals surface area contributed by atoms with Crippen molar-refractivity contribution in [2.24, 2.45) is 11.7 Å². The predicted octanol–water partition coefficient (Wildman–Crippen LogP) is 4.62. The molecule has 28 heavy (non-hydrogen) atoms. The summed E-state index contributed by atoms with van der Waals surface area (Å²) in [5.41, 5.74) is 9.11. The Morgan fingerprint density at radius 2 is 2.04 bits per heavy atom. The van der Waals surface area contributed by atoms with E-state index < -0.39 is 0 Å². The number of nitrogens with zero attached hydrogens (tertiary/aromatic N) is 1. The number of hydrogen-bond acceptors (Lipinski definition) is 4. The van der Waals surface area contributed by atoms with Crippen LogP contribution in [0.2, 0.25) is 5.02 Å². The quantitative estimate of drug-likeness (QED) is 0.646. The Morgan fingerprint density at radius 3 is 2.64 bits per heavy atom. The molecule has 5 heteroatoms. The molecule has 0 fully saturated rings. The Morgan fingerprint density at radius 1 is 1.32 bits per heavy atom. The first kappa shape index (κ1) is 22.0. The minimum Gasteiger partial charge on any atom is -0.469 e. The number of esters is 1. The van der Waals surface area contributed by atoms with E-state index in [-0.39, 0.29) is 17.9 Å². The van der Waals surface area contributed by atoms with Crippen LogP contribution in [-0.2, 0) is 16.1 Å². The third-order valence-corrected chi connectivity index (χ3v) is 5.03. The van der Waals surface area contributed by atoms with Crippen molar-refractivity contribution in [3.05, 3.63) is 82.6 Å². The number of methoxy groups -OCH3 is 1. The second-order valence-electron chi connectivity index (χ2n) is 6.89. The molecule has 0 amide bonds. The number of benzene rings is 1. The summed E-state index contributed by atoms with van der Waals surface area (Å²) in [6.07, 6.45) is 12.7. The van der Waals surface area contributed by atoms with Gasteiger partial charge in [-0.3, -0.25) is 4.79 Å². The van der Waals surface area contributed by atoms with Crippen LogP contribution in [0.4, 0.5) is 0 Å². The summed E-state index contributed by atoms with van der Waals surface area (Å²) in [4.78, 5) is 14.2. The molecule has 0 aromatic heterocycles. The lowest BCUT2D eigenvalue weighted by Gasteiger charge is -2.34. The van der Waals surface area contributed by atoms with E-state index in [0.29, 0.717) is 24.5 Å². The molecule has 2 unspecified atom stereocenters. The lowest BCUT2D eigenvalue weighted by molar-refractivity contribution is -0.141. The molecule has 2 rings (SSSR count). The average molecular weight is 401 g/mol. The smallest absolute Gasteiger partial charge is 0.307 e. The summed E-state index contributed by atoms with van der Waals surface area (Å²) >= 11 is 6.04. The zero-order chi connectivity index (χ0) is 20.5. The molecule has 0 saturated heterocycles. The van der Waals surface area contributed by atoms with Gasteiger partial charge in [-0.2, -0.15) is 0 Å². The first-order chi connectivity index (χ1) is 13.5. The fourth-order valence-corrected chi connectivity index (χ4v) is 3.33. The summed E-state index contributed by atoms with van der Waals surface area (Å²) in [6.45, 7) is 5.30. The van der Waals surface area contributed by atoms with Gasteiger partial charge in [-0.1, -0.05) is 61.0 Å². The molecule has 1 aromatic carbocycles. The SMILES string of the molecule is COC(=O)CC(C)N(Cc1ccc(Cl)cc1)C(/C=C\CN)=C1\C=CC=CC1C. The molecule has 0 spiro atoms. The summed E-state index contributed by atoms with van der Waals surface area (Å²) in [5.74, 6) is 0.0355. The van der Waals surface area contributed by atoms with Crippen LogP contribution in [0.1, 0.15) is 25.8 Å². The van der Waals surface area contributed by atoms with Crippen LogP contribution >= 0.6 is 11.6 Å². The maximum Gasteiger partial charge on any atom is 0.307 e. The van der Waals surface area contributed by atoms with E-state index in [0.717, 1.165) is 11.3 Å². The molecule has 0 aliphatic heterocycles. The lowest BCUT2D eigenvalue weighted by atomic mass is 9.93. The van der Waals surface area contributed by atoms with Crippen molar-refractivity contribution in [1.29, 1.82) is 0 Å². The van der Waals surface area contributed by atoms with Crippen LogP contribution in [-0.4, -0.2) is 30.6 Å². The topological polar surface area (TPSA) is 55.6 Å². The first-order valence-electron chi connectivity index (χ1n) is 9.49. The van der Waals surface area contributed by atoms with Gasteiger partial charge >= 0.3 is 5.97 Å². The highest BCUT2D eigenvalue weighted by Gasteiger charge is 2.23. The van der Waals surface area contributed by atoms with Gasteiger partial charge in [0.25, 0.3) is 0 Å². The first-order valence-corrected chi connectivity index (χ1v) is 9.87. The van der Waals surface area contributed by atoms with Crippen molar-refractivity contribution in [3.63, 3.8) is 0 Å². The number of ether oxygens (including phenoxy) is 1. The minimum atomic E-state index is -0.229. The van der Waals surface area contributed by atoms with Gasteiger partial charge in [-0.25, -0.2) is 0 Å². The van der Waals surface area contributed by atoms with E-state index in [2.05, 4.69) is 36.1 Å². The molecule has 0 saturated carbocycles. The van der Waals surface area contributed by atoms with E-state index in [1.807, 2.05) is 43.3 Å². The maximum atomic E-state index is 12.0. The molecular formula is C23H29ClN2O2. The number of rotatable bonds is 8. The van der Waals surface area contributed by atoms with Crippen LogP contribution < -0.4 is 5.73 Å². The molecule has 2 N–H and O–H groups in total. The zero-order valence-electron chi connectivity index (χ0n) is 16.8. The van der Waals surface area contributed by atoms with E-state index in [1.165, 1.54) is 12.7 Å². The van der Waals surface area contributed by atoms with E-state index in [1.54, 1.807) is 0 Å². The lowest BCUT2D eigenvalue weighted by Crippen LogP contribution is -2.34.